The van der Waals surface area contributed by atoms with E-state index in [9.17, 15) is 31.2 Å². The first-order valence-corrected chi connectivity index (χ1v) is 14.9. The summed E-state index contributed by atoms with van der Waals surface area (Å²) >= 11 is 0. The van der Waals surface area contributed by atoms with Crippen LogP contribution in [-0.4, -0.2) is 85.3 Å². The molecular formula is C29H32F3N5O7S. The van der Waals surface area contributed by atoms with Gasteiger partial charge in [-0.3, -0.25) is 15.0 Å². The molecule has 2 amide bonds. The number of nitrogen functional groups attached to an aromatic ring is 1. The summed E-state index contributed by atoms with van der Waals surface area (Å²) in [5, 5.41) is 18.9. The number of amidine groups is 1. The van der Waals surface area contributed by atoms with Crippen LogP contribution in [0.5, 0.6) is 5.75 Å². The van der Waals surface area contributed by atoms with Crippen molar-refractivity contribution in [3.05, 3.63) is 71.8 Å². The summed E-state index contributed by atoms with van der Waals surface area (Å²) in [4.78, 5) is 36.5. The average molecular weight is 652 g/mol. The molecule has 0 aliphatic carbocycles. The molecule has 12 nitrogen and oxygen atoms in total. The predicted octanol–water partition coefficient (Wildman–Crippen LogP) is 2.69. The smallest absolute Gasteiger partial charge is 0.490 e. The maximum atomic E-state index is 13.9. The molecule has 1 aliphatic heterocycles. The van der Waals surface area contributed by atoms with Gasteiger partial charge >= 0.3 is 12.1 Å². The number of halogens is 3. The van der Waals surface area contributed by atoms with Gasteiger partial charge in [-0.1, -0.05) is 30.3 Å². The number of fused-ring (bicyclic) bond motifs is 1. The summed E-state index contributed by atoms with van der Waals surface area (Å²) < 4.78 is 65.8. The van der Waals surface area contributed by atoms with Crippen LogP contribution in [0.15, 0.2) is 65.6 Å². The van der Waals surface area contributed by atoms with Crippen LogP contribution in [0.2, 0.25) is 0 Å². The van der Waals surface area contributed by atoms with Crippen LogP contribution in [0.4, 0.5) is 13.2 Å². The number of carbonyl (C=O) groups is 3. The molecule has 0 spiro atoms. The number of rotatable bonds is 10. The van der Waals surface area contributed by atoms with E-state index in [-0.39, 0.29) is 29.6 Å². The Morgan fingerprint density at radius 2 is 1.80 bits per heavy atom. The van der Waals surface area contributed by atoms with E-state index in [1.165, 1.54) is 19.2 Å². The lowest BCUT2D eigenvalue weighted by atomic mass is 10.1. The molecule has 3 aromatic rings. The number of benzene rings is 3. The number of carboxylic acid groups (broad SMARTS) is 1. The highest BCUT2D eigenvalue weighted by Gasteiger charge is 2.43. The van der Waals surface area contributed by atoms with Gasteiger partial charge in [0.05, 0.1) is 18.6 Å². The van der Waals surface area contributed by atoms with Gasteiger partial charge in [0.15, 0.2) is 0 Å². The Balaban J connectivity index is 0.000000707. The van der Waals surface area contributed by atoms with Gasteiger partial charge in [-0.2, -0.15) is 17.5 Å². The summed E-state index contributed by atoms with van der Waals surface area (Å²) in [6, 6.07) is 16.0. The Labute approximate surface area is 257 Å². The number of sulfonamides is 1. The van der Waals surface area contributed by atoms with Gasteiger partial charge in [-0.05, 0) is 60.0 Å². The van der Waals surface area contributed by atoms with Crippen LogP contribution in [0.25, 0.3) is 10.8 Å². The molecule has 0 radical (unpaired) electrons. The van der Waals surface area contributed by atoms with Crippen LogP contribution in [0.3, 0.4) is 0 Å². The Morgan fingerprint density at radius 3 is 2.40 bits per heavy atom. The molecule has 4 rings (SSSR count). The van der Waals surface area contributed by atoms with Crippen molar-refractivity contribution in [2.24, 2.45) is 5.73 Å². The second kappa shape index (κ2) is 14.4. The number of aliphatic carboxylic acids is 1. The molecule has 16 heteroatoms. The Kier molecular flexibility index (Phi) is 11.1. The minimum absolute atomic E-state index is 0.0111. The lowest BCUT2D eigenvalue weighted by molar-refractivity contribution is -0.192. The zero-order chi connectivity index (χ0) is 33.5. The fourth-order valence-corrected chi connectivity index (χ4v) is 6.19. The third-order valence-corrected chi connectivity index (χ3v) is 8.62. The molecular weight excluding hydrogens is 619 g/mol. The Morgan fingerprint density at radius 1 is 1.13 bits per heavy atom. The summed E-state index contributed by atoms with van der Waals surface area (Å²) in [5.41, 5.74) is 6.90. The average Bonchev–Trinajstić information content (AvgIpc) is 3.34. The molecule has 1 saturated heterocycles. The van der Waals surface area contributed by atoms with E-state index in [4.69, 9.17) is 25.8 Å². The van der Waals surface area contributed by atoms with Gasteiger partial charge in [-0.15, -0.1) is 0 Å². The summed E-state index contributed by atoms with van der Waals surface area (Å²) in [6.45, 7) is 2.16. The molecule has 0 saturated carbocycles. The molecule has 1 heterocycles. The fourth-order valence-electron chi connectivity index (χ4n) is 4.59. The maximum Gasteiger partial charge on any atom is 0.490 e. The first-order chi connectivity index (χ1) is 21.1. The number of nitrogens with two attached hydrogens (primary N) is 1. The molecule has 0 bridgehead atoms. The number of likely N-dealkylation sites (N-methyl/N-ethyl adjacent to an activating group) is 1. The van der Waals surface area contributed by atoms with Crippen LogP contribution in [-0.2, 0) is 31.0 Å². The zero-order valence-electron chi connectivity index (χ0n) is 24.3. The van der Waals surface area contributed by atoms with Crippen molar-refractivity contribution in [1.29, 1.82) is 5.41 Å². The number of hydrogen-bond acceptors (Lipinski definition) is 7. The normalized spacial score (nSPS) is 15.0. The third kappa shape index (κ3) is 8.69. The first-order valence-electron chi connectivity index (χ1n) is 13.5. The first kappa shape index (κ1) is 34.8. The zero-order valence-corrected chi connectivity index (χ0v) is 25.1. The van der Waals surface area contributed by atoms with E-state index in [0.717, 1.165) is 15.3 Å². The Bertz CT molecular complexity index is 1700. The summed E-state index contributed by atoms with van der Waals surface area (Å²) in [6.07, 6.45) is -4.84. The van der Waals surface area contributed by atoms with Gasteiger partial charge in [0.2, 0.25) is 21.8 Å². The second-order valence-corrected chi connectivity index (χ2v) is 11.8. The van der Waals surface area contributed by atoms with Gasteiger partial charge in [0.1, 0.15) is 17.6 Å². The Hall–Kier alpha value is -4.70. The van der Waals surface area contributed by atoms with Crippen molar-refractivity contribution in [2.75, 3.05) is 26.7 Å². The molecule has 5 N–H and O–H groups in total. The highest BCUT2D eigenvalue weighted by molar-refractivity contribution is 7.89. The quantitative estimate of drug-likeness (QED) is 0.191. The highest BCUT2D eigenvalue weighted by atomic mass is 32.2. The van der Waals surface area contributed by atoms with Crippen molar-refractivity contribution < 1.29 is 45.8 Å². The minimum atomic E-state index is -5.08. The van der Waals surface area contributed by atoms with Crippen molar-refractivity contribution in [3.63, 3.8) is 0 Å². The second-order valence-electron chi connectivity index (χ2n) is 9.86. The van der Waals surface area contributed by atoms with Crippen molar-refractivity contribution >= 4 is 44.4 Å². The van der Waals surface area contributed by atoms with E-state index < -0.39 is 40.7 Å². The lowest BCUT2D eigenvalue weighted by Gasteiger charge is -2.27. The van der Waals surface area contributed by atoms with E-state index in [1.54, 1.807) is 48.2 Å². The van der Waals surface area contributed by atoms with Gasteiger partial charge in [0.25, 0.3) is 0 Å². The summed E-state index contributed by atoms with van der Waals surface area (Å²) in [5.74, 6) is -3.12. The van der Waals surface area contributed by atoms with E-state index >= 15 is 0 Å². The van der Waals surface area contributed by atoms with Crippen molar-refractivity contribution in [3.8, 4) is 5.75 Å². The number of carbonyl (C=O) groups excluding carboxylic acids is 2. The molecule has 1 fully saturated rings. The van der Waals surface area contributed by atoms with E-state index in [2.05, 4.69) is 5.32 Å². The number of nitrogens with zero attached hydrogens (tertiary/aromatic N) is 2. The van der Waals surface area contributed by atoms with Gasteiger partial charge < -0.3 is 25.8 Å². The van der Waals surface area contributed by atoms with Crippen molar-refractivity contribution in [1.82, 2.24) is 14.5 Å². The largest absolute Gasteiger partial charge is 0.497 e. The molecule has 1 aliphatic rings. The number of nitrogens with one attached hydrogen (secondary N) is 2. The molecule has 3 aromatic carbocycles. The molecule has 242 valence electrons. The number of carboxylic acids is 1. The number of alkyl halides is 3. The van der Waals surface area contributed by atoms with Crippen LogP contribution in [0, 0.1) is 5.41 Å². The van der Waals surface area contributed by atoms with Crippen LogP contribution < -0.4 is 15.8 Å². The number of ether oxygens (including phenoxy) is 1. The van der Waals surface area contributed by atoms with E-state index in [1.807, 2.05) is 12.1 Å². The fraction of sp³-hybridized carbons (Fsp3) is 0.310. The maximum absolute atomic E-state index is 13.9. The van der Waals surface area contributed by atoms with Gasteiger partial charge in [-0.25, -0.2) is 13.2 Å². The standard InChI is InChI=1S/C27H31N5O5S.C2HF3O2/c1-3-30-25(33)17-32(38(35,36)23-10-8-19-7-9-22(37-2)14-21(19)15-23)24-11-12-31(27(24)34)16-18-5-4-6-20(13-18)26(28)29;3-2(4,5)1(6)7/h4-10,13-15,24H,3,11-12,16-17H2,1-2H3,(H3,28,29)(H,30,33);(H,6,7)/t24-;/m0./s1. The van der Waals surface area contributed by atoms with Crippen LogP contribution >= 0.6 is 0 Å². The third-order valence-electron chi connectivity index (χ3n) is 6.77. The lowest BCUT2D eigenvalue weighted by Crippen LogP contribution is -2.49. The molecule has 45 heavy (non-hydrogen) atoms. The number of hydrogen-bond donors (Lipinski definition) is 4. The van der Waals surface area contributed by atoms with E-state index in [0.29, 0.717) is 29.8 Å². The van der Waals surface area contributed by atoms with Gasteiger partial charge in [0, 0.05) is 25.2 Å². The summed E-state index contributed by atoms with van der Waals surface area (Å²) in [7, 11) is -2.69. The topological polar surface area (TPSA) is 183 Å². The number of amides is 2. The monoisotopic (exact) mass is 651 g/mol. The number of methoxy groups -OCH3 is 1. The minimum Gasteiger partial charge on any atom is -0.497 e. The molecule has 1 atom stereocenters. The molecule has 0 aromatic heterocycles. The SMILES string of the molecule is CCNC(=O)CN([C@H]1CCN(Cc2cccc(C(=N)N)c2)C1=O)S(=O)(=O)c1ccc2ccc(OC)cc2c1.O=C(O)C(F)(F)F. The number of likely N-dealkylation sites (tertiary alicyclic amines) is 1. The highest BCUT2D eigenvalue weighted by Crippen LogP contribution is 2.29. The predicted molar refractivity (Wildman–Crippen MR) is 158 cm³/mol. The van der Waals surface area contributed by atoms with Crippen molar-refractivity contribution in [2.45, 2.75) is 37.0 Å². The molecule has 0 unspecified atom stereocenters. The van der Waals surface area contributed by atoms with Crippen LogP contribution in [0.1, 0.15) is 24.5 Å².